The first-order chi connectivity index (χ1) is 7.70. The third kappa shape index (κ3) is 2.15. The monoisotopic (exact) mass is 220 g/mol. The van der Waals surface area contributed by atoms with Crippen LogP contribution in [0.15, 0.2) is 18.3 Å². The summed E-state index contributed by atoms with van der Waals surface area (Å²) >= 11 is 0. The van der Waals surface area contributed by atoms with Crippen LogP contribution >= 0.6 is 0 Å². The molecule has 0 aliphatic carbocycles. The van der Waals surface area contributed by atoms with E-state index in [0.29, 0.717) is 0 Å². The number of hydrogen-bond acceptors (Lipinski definition) is 3. The summed E-state index contributed by atoms with van der Waals surface area (Å²) in [4.78, 5) is 16.9. The predicted octanol–water partition coefficient (Wildman–Crippen LogP) is 2.02. The Hall–Kier alpha value is -1.58. The van der Waals surface area contributed by atoms with E-state index in [1.165, 1.54) is 12.8 Å². The summed E-state index contributed by atoms with van der Waals surface area (Å²) in [6, 6.07) is 3.41. The summed E-state index contributed by atoms with van der Waals surface area (Å²) in [5.41, 5.74) is 1.14. The highest BCUT2D eigenvalue weighted by molar-refractivity contribution is 5.85. The van der Waals surface area contributed by atoms with Gasteiger partial charge in [-0.3, -0.25) is 0 Å². The molecular weight excluding hydrogens is 204 g/mol. The van der Waals surface area contributed by atoms with E-state index < -0.39 is 5.97 Å². The van der Waals surface area contributed by atoms with E-state index in [-0.39, 0.29) is 5.69 Å². The van der Waals surface area contributed by atoms with E-state index >= 15 is 0 Å². The summed E-state index contributed by atoms with van der Waals surface area (Å²) in [5, 5.41) is 8.75. The molecule has 1 unspecified atom stereocenters. The van der Waals surface area contributed by atoms with Gasteiger partial charge in [-0.25, -0.2) is 9.78 Å². The molecule has 1 N–H and O–H groups in total. The largest absolute Gasteiger partial charge is 0.477 e. The molecule has 0 saturated carbocycles. The van der Waals surface area contributed by atoms with Gasteiger partial charge in [-0.05, 0) is 24.5 Å². The number of nitrogens with zero attached hydrogens (tertiary/aromatic N) is 2. The highest BCUT2D eigenvalue weighted by Gasteiger charge is 2.21. The fourth-order valence-electron chi connectivity index (χ4n) is 2.10. The first kappa shape index (κ1) is 10.9. The summed E-state index contributed by atoms with van der Waals surface area (Å²) < 4.78 is 0. The second-order valence-electron chi connectivity index (χ2n) is 4.22. The smallest absolute Gasteiger partial charge is 0.354 e. The van der Waals surface area contributed by atoms with E-state index in [9.17, 15) is 4.79 Å². The van der Waals surface area contributed by atoms with Gasteiger partial charge in [-0.15, -0.1) is 0 Å². The van der Waals surface area contributed by atoms with E-state index in [1.807, 2.05) is 6.07 Å². The van der Waals surface area contributed by atoms with Crippen molar-refractivity contribution in [3.8, 4) is 0 Å². The van der Waals surface area contributed by atoms with Crippen LogP contribution in [-0.4, -0.2) is 29.1 Å². The van der Waals surface area contributed by atoms with E-state index in [0.717, 1.165) is 24.7 Å². The molecule has 0 amide bonds. The van der Waals surface area contributed by atoms with Crippen molar-refractivity contribution in [2.75, 3.05) is 18.0 Å². The number of carboxylic acids is 1. The fraction of sp³-hybridized carbons (Fsp3) is 0.500. The molecule has 0 spiro atoms. The van der Waals surface area contributed by atoms with Gasteiger partial charge in [-0.1, -0.05) is 13.3 Å². The minimum atomic E-state index is -0.973. The molecule has 1 aromatic rings. The summed E-state index contributed by atoms with van der Waals surface area (Å²) in [5.74, 6) is -0.210. The van der Waals surface area contributed by atoms with Crippen molar-refractivity contribution in [1.29, 1.82) is 0 Å². The molecule has 86 valence electrons. The van der Waals surface area contributed by atoms with Crippen LogP contribution in [0.4, 0.5) is 5.69 Å². The van der Waals surface area contributed by atoms with Gasteiger partial charge in [0, 0.05) is 13.1 Å². The number of pyridine rings is 1. The molecule has 4 heteroatoms. The zero-order valence-electron chi connectivity index (χ0n) is 9.39. The molecule has 1 aliphatic rings. The second kappa shape index (κ2) is 4.51. The summed E-state index contributed by atoms with van der Waals surface area (Å²) in [7, 11) is 0. The Morgan fingerprint density at radius 1 is 1.62 bits per heavy atom. The summed E-state index contributed by atoms with van der Waals surface area (Å²) in [6.07, 6.45) is 4.08. The van der Waals surface area contributed by atoms with Gasteiger partial charge < -0.3 is 10.0 Å². The first-order valence-electron chi connectivity index (χ1n) is 5.65. The Labute approximate surface area is 94.9 Å². The number of hydrogen-bond donors (Lipinski definition) is 1. The topological polar surface area (TPSA) is 53.4 Å². The highest BCUT2D eigenvalue weighted by atomic mass is 16.4. The van der Waals surface area contributed by atoms with Crippen LogP contribution in [0.5, 0.6) is 0 Å². The molecule has 1 fully saturated rings. The molecule has 0 radical (unpaired) electrons. The van der Waals surface area contributed by atoms with Crippen molar-refractivity contribution in [3.05, 3.63) is 24.0 Å². The fourth-order valence-corrected chi connectivity index (χ4v) is 2.10. The molecule has 2 rings (SSSR count). The van der Waals surface area contributed by atoms with Crippen molar-refractivity contribution >= 4 is 11.7 Å². The summed E-state index contributed by atoms with van der Waals surface area (Å²) in [6.45, 7) is 4.32. The van der Waals surface area contributed by atoms with Crippen molar-refractivity contribution in [2.45, 2.75) is 19.8 Å². The third-order valence-electron chi connectivity index (χ3n) is 3.20. The lowest BCUT2D eigenvalue weighted by atomic mass is 10.1. The molecule has 4 nitrogen and oxygen atoms in total. The standard InChI is InChI=1S/C12H16N2O2/c1-2-9-5-6-14(8-9)10-3-4-11(12(15)16)13-7-10/h3-4,7,9H,2,5-6,8H2,1H3,(H,15,16). The van der Waals surface area contributed by atoms with Crippen molar-refractivity contribution < 1.29 is 9.90 Å². The number of carboxylic acid groups (broad SMARTS) is 1. The van der Waals surface area contributed by atoms with E-state index in [4.69, 9.17) is 5.11 Å². The lowest BCUT2D eigenvalue weighted by Gasteiger charge is -2.17. The Morgan fingerprint density at radius 2 is 2.44 bits per heavy atom. The maximum Gasteiger partial charge on any atom is 0.354 e. The van der Waals surface area contributed by atoms with Crippen molar-refractivity contribution in [3.63, 3.8) is 0 Å². The minimum Gasteiger partial charge on any atom is -0.477 e. The Balaban J connectivity index is 2.08. The molecule has 2 heterocycles. The lowest BCUT2D eigenvalue weighted by Crippen LogP contribution is -2.19. The van der Waals surface area contributed by atoms with Crippen LogP contribution in [0.3, 0.4) is 0 Å². The van der Waals surface area contributed by atoms with Crippen molar-refractivity contribution in [1.82, 2.24) is 4.98 Å². The Kier molecular flexibility index (Phi) is 3.08. The maximum absolute atomic E-state index is 10.7. The Bertz CT molecular complexity index is 375. The first-order valence-corrected chi connectivity index (χ1v) is 5.65. The van der Waals surface area contributed by atoms with Gasteiger partial charge >= 0.3 is 5.97 Å². The number of aromatic nitrogens is 1. The molecule has 0 aromatic carbocycles. The number of anilines is 1. The molecule has 16 heavy (non-hydrogen) atoms. The minimum absolute atomic E-state index is 0.106. The molecule has 0 bridgehead atoms. The zero-order valence-corrected chi connectivity index (χ0v) is 9.39. The maximum atomic E-state index is 10.7. The number of rotatable bonds is 3. The molecule has 1 aromatic heterocycles. The van der Waals surface area contributed by atoms with Crippen molar-refractivity contribution in [2.24, 2.45) is 5.92 Å². The molecule has 1 aliphatic heterocycles. The van der Waals surface area contributed by atoms with Gasteiger partial charge in [-0.2, -0.15) is 0 Å². The lowest BCUT2D eigenvalue weighted by molar-refractivity contribution is 0.0690. The average Bonchev–Trinajstić information content (AvgIpc) is 2.77. The van der Waals surface area contributed by atoms with Crippen LogP contribution in [0.2, 0.25) is 0 Å². The van der Waals surface area contributed by atoms with Crippen LogP contribution in [-0.2, 0) is 0 Å². The van der Waals surface area contributed by atoms with Gasteiger partial charge in [0.25, 0.3) is 0 Å². The predicted molar refractivity (Wildman–Crippen MR) is 61.8 cm³/mol. The van der Waals surface area contributed by atoms with Crippen LogP contribution in [0, 0.1) is 5.92 Å². The second-order valence-corrected chi connectivity index (χ2v) is 4.22. The van der Waals surface area contributed by atoms with Gasteiger partial charge in [0.2, 0.25) is 0 Å². The van der Waals surface area contributed by atoms with Crippen LogP contribution in [0.1, 0.15) is 30.3 Å². The molecule has 1 atom stereocenters. The van der Waals surface area contributed by atoms with Gasteiger partial charge in [0.1, 0.15) is 5.69 Å². The highest BCUT2D eigenvalue weighted by Crippen LogP contribution is 2.24. The van der Waals surface area contributed by atoms with E-state index in [2.05, 4.69) is 16.8 Å². The molecule has 1 saturated heterocycles. The SMILES string of the molecule is CCC1CCN(c2ccc(C(=O)O)nc2)C1. The number of carbonyl (C=O) groups is 1. The third-order valence-corrected chi connectivity index (χ3v) is 3.20. The van der Waals surface area contributed by atoms with Crippen LogP contribution in [0.25, 0.3) is 0 Å². The number of aromatic carboxylic acids is 1. The Morgan fingerprint density at radius 3 is 2.94 bits per heavy atom. The molecular formula is C12H16N2O2. The zero-order chi connectivity index (χ0) is 11.5. The van der Waals surface area contributed by atoms with Crippen LogP contribution < -0.4 is 4.90 Å². The quantitative estimate of drug-likeness (QED) is 0.846. The van der Waals surface area contributed by atoms with Gasteiger partial charge in [0.05, 0.1) is 11.9 Å². The van der Waals surface area contributed by atoms with Gasteiger partial charge in [0.15, 0.2) is 0 Å². The normalized spacial score (nSPS) is 20.1. The average molecular weight is 220 g/mol. The van der Waals surface area contributed by atoms with E-state index in [1.54, 1.807) is 12.3 Å².